The van der Waals surface area contributed by atoms with E-state index in [-0.39, 0.29) is 0 Å². The van der Waals surface area contributed by atoms with Gasteiger partial charge in [-0.1, -0.05) is 0 Å². The third-order valence-electron chi connectivity index (χ3n) is 2.68. The Hall–Kier alpha value is -2.14. The van der Waals surface area contributed by atoms with E-state index in [4.69, 9.17) is 0 Å². The van der Waals surface area contributed by atoms with Crippen molar-refractivity contribution >= 4 is 42.8 Å². The Morgan fingerprint density at radius 3 is 2.94 bits per heavy atom. The number of rotatable bonds is 0. The highest BCUT2D eigenvalue weighted by molar-refractivity contribution is 7.25. The van der Waals surface area contributed by atoms with E-state index < -0.39 is 0 Å². The summed E-state index contributed by atoms with van der Waals surface area (Å²) in [6.07, 6.45) is 7.01. The van der Waals surface area contributed by atoms with Gasteiger partial charge in [0.15, 0.2) is 5.65 Å². The molecule has 17 heavy (non-hydrogen) atoms. The molecular weight excluding hydrogens is 232 g/mol. The molecule has 5 heteroatoms. The van der Waals surface area contributed by atoms with Crippen LogP contribution in [0.2, 0.25) is 0 Å². The molecule has 0 bridgehead atoms. The topological polar surface area (TPSA) is 51.6 Å². The second-order valence-corrected chi connectivity index (χ2v) is 4.79. The van der Waals surface area contributed by atoms with Gasteiger partial charge in [0.2, 0.25) is 0 Å². The van der Waals surface area contributed by atoms with Crippen LogP contribution in [-0.2, 0) is 0 Å². The van der Waals surface area contributed by atoms with Gasteiger partial charge in [0.05, 0.1) is 14.9 Å². The van der Waals surface area contributed by atoms with Gasteiger partial charge in [0.25, 0.3) is 0 Å². The first kappa shape index (κ1) is 8.95. The largest absolute Gasteiger partial charge is 0.263 e. The Morgan fingerprint density at radius 2 is 1.94 bits per heavy atom. The molecule has 0 saturated heterocycles. The van der Waals surface area contributed by atoms with Crippen LogP contribution in [-0.4, -0.2) is 19.9 Å². The van der Waals surface area contributed by atoms with Gasteiger partial charge in [0, 0.05) is 30.2 Å². The Bertz CT molecular complexity index is 847. The lowest BCUT2D eigenvalue weighted by Crippen LogP contribution is -1.85. The second kappa shape index (κ2) is 3.18. The van der Waals surface area contributed by atoms with Crippen LogP contribution in [0, 0.1) is 0 Å². The minimum atomic E-state index is 0.691. The van der Waals surface area contributed by atoms with Crippen molar-refractivity contribution in [2.45, 2.75) is 0 Å². The molecule has 0 aliphatic heterocycles. The molecule has 0 N–H and O–H groups in total. The Morgan fingerprint density at radius 1 is 1.00 bits per heavy atom. The molecule has 0 unspecified atom stereocenters. The molecule has 0 fully saturated rings. The standard InChI is InChI=1S/C12H6N4S/c1-2-13-6-10-7(1)11-9(17-10)5-8-12(16-11)15-4-3-14-8/h1-6H. The van der Waals surface area contributed by atoms with Crippen LogP contribution in [0.25, 0.3) is 31.5 Å². The van der Waals surface area contributed by atoms with E-state index >= 15 is 0 Å². The highest BCUT2D eigenvalue weighted by Gasteiger charge is 2.08. The summed E-state index contributed by atoms with van der Waals surface area (Å²) in [6.45, 7) is 0. The van der Waals surface area contributed by atoms with E-state index in [1.165, 1.54) is 0 Å². The first-order valence-electron chi connectivity index (χ1n) is 5.16. The maximum atomic E-state index is 4.57. The SMILES string of the molecule is c1cc2c(cn1)sc1cc3nccnc3nc12. The van der Waals surface area contributed by atoms with Gasteiger partial charge in [0.1, 0.15) is 5.52 Å². The molecule has 0 aliphatic carbocycles. The molecule has 80 valence electrons. The molecule has 0 radical (unpaired) electrons. The van der Waals surface area contributed by atoms with Gasteiger partial charge in [-0.25, -0.2) is 9.97 Å². The summed E-state index contributed by atoms with van der Waals surface area (Å²) in [5, 5.41) is 1.13. The number of thiophene rings is 1. The van der Waals surface area contributed by atoms with Crippen LogP contribution in [0.1, 0.15) is 0 Å². The average molecular weight is 238 g/mol. The monoisotopic (exact) mass is 238 g/mol. The molecule has 0 aromatic carbocycles. The smallest absolute Gasteiger partial charge is 0.178 e. The molecule has 4 aromatic rings. The summed E-state index contributed by atoms with van der Waals surface area (Å²) < 4.78 is 2.27. The van der Waals surface area contributed by atoms with E-state index in [1.54, 1.807) is 29.9 Å². The summed E-state index contributed by atoms with van der Waals surface area (Å²) in [5.41, 5.74) is 2.51. The molecule has 4 rings (SSSR count). The highest BCUT2D eigenvalue weighted by atomic mass is 32.1. The van der Waals surface area contributed by atoms with Crippen molar-refractivity contribution in [3.63, 3.8) is 0 Å². The molecular formula is C12H6N4S. The quantitative estimate of drug-likeness (QED) is 0.472. The summed E-state index contributed by atoms with van der Waals surface area (Å²) >= 11 is 1.68. The van der Waals surface area contributed by atoms with Crippen molar-refractivity contribution in [1.82, 2.24) is 19.9 Å². The fourth-order valence-corrected chi connectivity index (χ4v) is 2.98. The predicted molar refractivity (Wildman–Crippen MR) is 68.0 cm³/mol. The van der Waals surface area contributed by atoms with Crippen molar-refractivity contribution in [3.8, 4) is 0 Å². The predicted octanol–water partition coefficient (Wildman–Crippen LogP) is 2.79. The third kappa shape index (κ3) is 1.23. The van der Waals surface area contributed by atoms with Crippen LogP contribution in [0.5, 0.6) is 0 Å². The molecule has 0 aliphatic rings. The third-order valence-corrected chi connectivity index (χ3v) is 3.76. The lowest BCUT2D eigenvalue weighted by Gasteiger charge is -1.95. The summed E-state index contributed by atoms with van der Waals surface area (Å²) in [5.74, 6) is 0. The molecule has 0 atom stereocenters. The lowest BCUT2D eigenvalue weighted by atomic mass is 10.2. The minimum Gasteiger partial charge on any atom is -0.263 e. The maximum absolute atomic E-state index is 4.57. The van der Waals surface area contributed by atoms with Gasteiger partial charge in [-0.05, 0) is 12.1 Å². The fourth-order valence-electron chi connectivity index (χ4n) is 1.93. The van der Waals surface area contributed by atoms with Gasteiger partial charge >= 0.3 is 0 Å². The number of hydrogen-bond donors (Lipinski definition) is 0. The van der Waals surface area contributed by atoms with Gasteiger partial charge in [-0.2, -0.15) is 0 Å². The zero-order valence-electron chi connectivity index (χ0n) is 8.66. The zero-order chi connectivity index (χ0) is 11.2. The summed E-state index contributed by atoms with van der Waals surface area (Å²) in [4.78, 5) is 17.2. The lowest BCUT2D eigenvalue weighted by molar-refractivity contribution is 1.25. The van der Waals surface area contributed by atoms with Crippen LogP contribution in [0.3, 0.4) is 0 Å². The van der Waals surface area contributed by atoms with Crippen molar-refractivity contribution in [2.75, 3.05) is 0 Å². The van der Waals surface area contributed by atoms with E-state index in [2.05, 4.69) is 19.9 Å². The zero-order valence-corrected chi connectivity index (χ0v) is 9.48. The molecule has 0 saturated carbocycles. The first-order valence-corrected chi connectivity index (χ1v) is 5.97. The number of fused-ring (bicyclic) bond motifs is 4. The number of nitrogens with zero attached hydrogens (tertiary/aromatic N) is 4. The summed E-state index contributed by atoms with van der Waals surface area (Å²) in [7, 11) is 0. The Balaban J connectivity index is 2.28. The molecule has 0 amide bonds. The van der Waals surface area contributed by atoms with Crippen molar-refractivity contribution < 1.29 is 0 Å². The van der Waals surface area contributed by atoms with Crippen molar-refractivity contribution in [1.29, 1.82) is 0 Å². The van der Waals surface area contributed by atoms with Crippen LogP contribution in [0.15, 0.2) is 36.9 Å². The number of pyridine rings is 2. The van der Waals surface area contributed by atoms with Crippen LogP contribution >= 0.6 is 11.3 Å². The van der Waals surface area contributed by atoms with E-state index in [1.807, 2.05) is 18.3 Å². The molecule has 4 nitrogen and oxygen atoms in total. The van der Waals surface area contributed by atoms with Gasteiger partial charge < -0.3 is 0 Å². The van der Waals surface area contributed by atoms with E-state index in [0.29, 0.717) is 5.65 Å². The number of aromatic nitrogens is 4. The Kier molecular flexibility index (Phi) is 1.67. The Labute approximate surface area is 100.0 Å². The van der Waals surface area contributed by atoms with E-state index in [0.717, 1.165) is 25.8 Å². The molecule has 4 aromatic heterocycles. The first-order chi connectivity index (χ1) is 8.42. The molecule has 0 spiro atoms. The van der Waals surface area contributed by atoms with Crippen LogP contribution < -0.4 is 0 Å². The maximum Gasteiger partial charge on any atom is 0.178 e. The highest BCUT2D eigenvalue weighted by Crippen LogP contribution is 2.32. The van der Waals surface area contributed by atoms with E-state index in [9.17, 15) is 0 Å². The minimum absolute atomic E-state index is 0.691. The van der Waals surface area contributed by atoms with Crippen molar-refractivity contribution in [3.05, 3.63) is 36.9 Å². The fraction of sp³-hybridized carbons (Fsp3) is 0. The summed E-state index contributed by atoms with van der Waals surface area (Å²) in [6, 6.07) is 4.03. The average Bonchev–Trinajstić information content (AvgIpc) is 2.73. The second-order valence-electron chi connectivity index (χ2n) is 3.71. The normalized spacial score (nSPS) is 11.5. The molecule has 4 heterocycles. The van der Waals surface area contributed by atoms with Crippen LogP contribution in [0.4, 0.5) is 0 Å². The van der Waals surface area contributed by atoms with Gasteiger partial charge in [-0.3, -0.25) is 9.97 Å². The number of hydrogen-bond acceptors (Lipinski definition) is 5. The van der Waals surface area contributed by atoms with Gasteiger partial charge in [-0.15, -0.1) is 11.3 Å². The van der Waals surface area contributed by atoms with Crippen molar-refractivity contribution in [2.24, 2.45) is 0 Å².